The first-order valence-electron chi connectivity index (χ1n) is 4.44. The van der Waals surface area contributed by atoms with E-state index in [0.717, 1.165) is 6.42 Å². The molecule has 2 aliphatic carbocycles. The molecular weight excluding hydrogens is 136 g/mol. The molecule has 0 aromatic carbocycles. The lowest BCUT2D eigenvalue weighted by Crippen LogP contribution is -1.74. The Kier molecular flexibility index (Phi) is 2.08. The summed E-state index contributed by atoms with van der Waals surface area (Å²) in [6.45, 7) is 0. The third kappa shape index (κ3) is 1.93. The summed E-state index contributed by atoms with van der Waals surface area (Å²) in [6.07, 6.45) is 15.0. The average Bonchev–Trinajstić information content (AvgIpc) is 2.62. The first kappa shape index (κ1) is 7.11. The third-order valence-electron chi connectivity index (χ3n) is 2.32. The Balaban J connectivity index is 0.0000000893. The maximum Gasteiger partial charge on any atom is 0.0841 e. The second-order valence-electron chi connectivity index (χ2n) is 3.24. The normalized spacial score (nSPS) is 36.4. The van der Waals surface area contributed by atoms with E-state index in [4.69, 9.17) is 4.74 Å². The lowest BCUT2D eigenvalue weighted by atomic mass is 10.4. The zero-order valence-corrected chi connectivity index (χ0v) is 6.70. The molecule has 2 atom stereocenters. The molecule has 0 radical (unpaired) electrons. The van der Waals surface area contributed by atoms with E-state index in [9.17, 15) is 0 Å². The zero-order valence-electron chi connectivity index (χ0n) is 6.70. The van der Waals surface area contributed by atoms with Crippen molar-refractivity contribution in [3.8, 4) is 0 Å². The highest BCUT2D eigenvalue weighted by Crippen LogP contribution is 2.37. The summed E-state index contributed by atoms with van der Waals surface area (Å²) >= 11 is 0. The van der Waals surface area contributed by atoms with Crippen molar-refractivity contribution in [3.05, 3.63) is 24.3 Å². The number of fused-ring (bicyclic) bond motifs is 1. The minimum atomic E-state index is 0.713. The Labute approximate surface area is 67.7 Å². The fraction of sp³-hybridized carbons (Fsp3) is 0.600. The molecule has 0 spiro atoms. The van der Waals surface area contributed by atoms with E-state index in [1.807, 2.05) is 0 Å². The highest BCUT2D eigenvalue weighted by molar-refractivity contribution is 5.11. The van der Waals surface area contributed by atoms with Gasteiger partial charge in [-0.2, -0.15) is 0 Å². The van der Waals surface area contributed by atoms with E-state index in [-0.39, 0.29) is 0 Å². The van der Waals surface area contributed by atoms with Crippen molar-refractivity contribution in [1.82, 2.24) is 0 Å². The molecule has 1 saturated carbocycles. The summed E-state index contributed by atoms with van der Waals surface area (Å²) in [7, 11) is 0. The first-order valence-corrected chi connectivity index (χ1v) is 4.44. The number of allylic oxidation sites excluding steroid dienone is 4. The van der Waals surface area contributed by atoms with Crippen molar-refractivity contribution in [3.63, 3.8) is 0 Å². The Morgan fingerprint density at radius 1 is 1.00 bits per heavy atom. The second-order valence-corrected chi connectivity index (χ2v) is 3.24. The van der Waals surface area contributed by atoms with Crippen LogP contribution in [-0.2, 0) is 4.74 Å². The molecule has 3 rings (SSSR count). The van der Waals surface area contributed by atoms with Crippen molar-refractivity contribution in [2.24, 2.45) is 0 Å². The molecular formula is C10H14O. The van der Waals surface area contributed by atoms with E-state index in [2.05, 4.69) is 24.3 Å². The molecule has 0 N–H and O–H groups in total. The Hall–Kier alpha value is -0.560. The quantitative estimate of drug-likeness (QED) is 0.483. The Bertz CT molecular complexity index is 163. The van der Waals surface area contributed by atoms with E-state index in [1.165, 1.54) is 19.3 Å². The first-order chi connectivity index (χ1) is 5.47. The third-order valence-corrected chi connectivity index (χ3v) is 2.32. The van der Waals surface area contributed by atoms with Crippen LogP contribution in [0, 0.1) is 0 Å². The van der Waals surface area contributed by atoms with Gasteiger partial charge in [0.15, 0.2) is 0 Å². The number of epoxide rings is 1. The van der Waals surface area contributed by atoms with Crippen LogP contribution < -0.4 is 0 Å². The Morgan fingerprint density at radius 3 is 1.82 bits per heavy atom. The number of ether oxygens (including phenoxy) is 1. The van der Waals surface area contributed by atoms with Crippen LogP contribution in [0.4, 0.5) is 0 Å². The van der Waals surface area contributed by atoms with Gasteiger partial charge in [0.05, 0.1) is 12.2 Å². The molecule has 1 saturated heterocycles. The second kappa shape index (κ2) is 3.22. The highest BCUT2D eigenvalue weighted by Gasteiger charge is 2.42. The maximum atomic E-state index is 5.15. The monoisotopic (exact) mass is 150 g/mol. The molecule has 0 amide bonds. The van der Waals surface area contributed by atoms with Crippen LogP contribution >= 0.6 is 0 Å². The molecule has 0 aromatic heterocycles. The number of hydrogen-bond donors (Lipinski definition) is 0. The summed E-state index contributed by atoms with van der Waals surface area (Å²) in [5.74, 6) is 0. The lowest BCUT2D eigenvalue weighted by molar-refractivity contribution is 0.322. The van der Waals surface area contributed by atoms with Crippen LogP contribution in [0.1, 0.15) is 25.7 Å². The SMILES string of the molecule is C1=CCC=C1.C1CC2OC2C1. The van der Waals surface area contributed by atoms with E-state index in [0.29, 0.717) is 12.2 Å². The fourth-order valence-electron chi connectivity index (χ4n) is 1.60. The fourth-order valence-corrected chi connectivity index (χ4v) is 1.60. The summed E-state index contributed by atoms with van der Waals surface area (Å²) in [4.78, 5) is 0. The zero-order chi connectivity index (χ0) is 7.52. The molecule has 1 aliphatic heterocycles. The van der Waals surface area contributed by atoms with Gasteiger partial charge in [-0.3, -0.25) is 0 Å². The molecule has 3 aliphatic rings. The van der Waals surface area contributed by atoms with Gasteiger partial charge in [0.1, 0.15) is 0 Å². The van der Waals surface area contributed by atoms with Gasteiger partial charge in [0.2, 0.25) is 0 Å². The van der Waals surface area contributed by atoms with Crippen molar-refractivity contribution >= 4 is 0 Å². The molecule has 2 unspecified atom stereocenters. The predicted octanol–water partition coefficient (Wildman–Crippen LogP) is 2.44. The minimum Gasteiger partial charge on any atom is -0.370 e. The summed E-state index contributed by atoms with van der Waals surface area (Å²) in [5, 5.41) is 0. The van der Waals surface area contributed by atoms with Crippen LogP contribution in [0.25, 0.3) is 0 Å². The van der Waals surface area contributed by atoms with Gasteiger partial charge in [0, 0.05) is 0 Å². The molecule has 2 fully saturated rings. The van der Waals surface area contributed by atoms with Gasteiger partial charge in [-0.15, -0.1) is 0 Å². The summed E-state index contributed by atoms with van der Waals surface area (Å²) in [6, 6.07) is 0. The largest absolute Gasteiger partial charge is 0.370 e. The van der Waals surface area contributed by atoms with E-state index in [1.54, 1.807) is 0 Å². The van der Waals surface area contributed by atoms with Crippen LogP contribution in [0.3, 0.4) is 0 Å². The van der Waals surface area contributed by atoms with Gasteiger partial charge >= 0.3 is 0 Å². The average molecular weight is 150 g/mol. The standard InChI is InChI=1S/C5H8O.C5H6/c1-2-4-5(3-1)6-4;1-2-4-5-3-1/h4-5H,1-3H2;1-4H,5H2. The van der Waals surface area contributed by atoms with Gasteiger partial charge in [-0.05, 0) is 25.7 Å². The smallest absolute Gasteiger partial charge is 0.0841 e. The summed E-state index contributed by atoms with van der Waals surface area (Å²) in [5.41, 5.74) is 0. The van der Waals surface area contributed by atoms with E-state index < -0.39 is 0 Å². The molecule has 0 aromatic rings. The molecule has 1 heterocycles. The summed E-state index contributed by atoms with van der Waals surface area (Å²) < 4.78 is 5.15. The number of rotatable bonds is 0. The van der Waals surface area contributed by atoms with Crippen molar-refractivity contribution in [2.45, 2.75) is 37.9 Å². The predicted molar refractivity (Wildman–Crippen MR) is 45.4 cm³/mol. The molecule has 1 nitrogen and oxygen atoms in total. The molecule has 0 bridgehead atoms. The topological polar surface area (TPSA) is 12.5 Å². The van der Waals surface area contributed by atoms with Crippen LogP contribution in [0.2, 0.25) is 0 Å². The van der Waals surface area contributed by atoms with Gasteiger partial charge in [0.25, 0.3) is 0 Å². The Morgan fingerprint density at radius 2 is 1.64 bits per heavy atom. The van der Waals surface area contributed by atoms with Crippen LogP contribution in [0.15, 0.2) is 24.3 Å². The molecule has 60 valence electrons. The minimum absolute atomic E-state index is 0.713. The molecule has 1 heteroatoms. The van der Waals surface area contributed by atoms with Gasteiger partial charge < -0.3 is 4.74 Å². The van der Waals surface area contributed by atoms with Gasteiger partial charge in [-0.25, -0.2) is 0 Å². The lowest BCUT2D eigenvalue weighted by Gasteiger charge is -1.81. The van der Waals surface area contributed by atoms with Crippen molar-refractivity contribution < 1.29 is 4.74 Å². The highest BCUT2D eigenvalue weighted by atomic mass is 16.6. The molecule has 11 heavy (non-hydrogen) atoms. The van der Waals surface area contributed by atoms with Crippen LogP contribution in [0.5, 0.6) is 0 Å². The van der Waals surface area contributed by atoms with Crippen molar-refractivity contribution in [2.75, 3.05) is 0 Å². The van der Waals surface area contributed by atoms with Gasteiger partial charge in [-0.1, -0.05) is 24.3 Å². The maximum absolute atomic E-state index is 5.15. The van der Waals surface area contributed by atoms with E-state index >= 15 is 0 Å². The van der Waals surface area contributed by atoms with Crippen molar-refractivity contribution in [1.29, 1.82) is 0 Å². The van der Waals surface area contributed by atoms with Crippen LogP contribution in [-0.4, -0.2) is 12.2 Å². The number of hydrogen-bond acceptors (Lipinski definition) is 1.